The molecule has 0 saturated heterocycles. The van der Waals surface area contributed by atoms with Gasteiger partial charge in [0.25, 0.3) is 0 Å². The lowest BCUT2D eigenvalue weighted by Crippen LogP contribution is -2.31. The molecule has 0 spiro atoms. The van der Waals surface area contributed by atoms with Crippen molar-refractivity contribution in [2.75, 3.05) is 24.9 Å². The van der Waals surface area contributed by atoms with Gasteiger partial charge in [0.1, 0.15) is 11.5 Å². The van der Waals surface area contributed by atoms with Crippen molar-refractivity contribution in [3.8, 4) is 5.75 Å². The molecule has 0 atom stereocenters. The first-order valence-corrected chi connectivity index (χ1v) is 12.0. The van der Waals surface area contributed by atoms with Crippen LogP contribution in [0.2, 0.25) is 0 Å². The third-order valence-electron chi connectivity index (χ3n) is 6.45. The van der Waals surface area contributed by atoms with Crippen molar-refractivity contribution in [2.24, 2.45) is 0 Å². The quantitative estimate of drug-likeness (QED) is 0.467. The van der Waals surface area contributed by atoms with Crippen LogP contribution in [0.4, 0.5) is 5.69 Å². The van der Waals surface area contributed by atoms with E-state index >= 15 is 0 Å². The Labute approximate surface area is 202 Å². The molecule has 174 valence electrons. The molecule has 2 aromatic carbocycles. The van der Waals surface area contributed by atoms with E-state index in [-0.39, 0.29) is 0 Å². The summed E-state index contributed by atoms with van der Waals surface area (Å²) in [5, 5.41) is 0. The number of para-hydroxylation sites is 1. The summed E-state index contributed by atoms with van der Waals surface area (Å²) in [6.45, 7) is 9.33. The molecule has 0 radical (unpaired) electrons. The summed E-state index contributed by atoms with van der Waals surface area (Å²) in [6, 6.07) is 16.9. The number of allylic oxidation sites excluding steroid dienone is 6. The van der Waals surface area contributed by atoms with Gasteiger partial charge in [0.15, 0.2) is 13.5 Å². The number of rotatable bonds is 6. The molecule has 2 aliphatic heterocycles. The number of hydrogen-bond acceptors (Lipinski definition) is 4. The molecule has 0 aromatic heterocycles. The Balaban J connectivity index is 1.21. The van der Waals surface area contributed by atoms with E-state index in [1.807, 2.05) is 6.07 Å². The number of benzene rings is 2. The fourth-order valence-electron chi connectivity index (χ4n) is 4.60. The Kier molecular flexibility index (Phi) is 6.57. The summed E-state index contributed by atoms with van der Waals surface area (Å²) in [7, 11) is 0. The molecule has 3 aliphatic rings. The van der Waals surface area contributed by atoms with Gasteiger partial charge >= 0.3 is 0 Å². The van der Waals surface area contributed by atoms with Crippen LogP contribution in [0.25, 0.3) is 0 Å². The van der Waals surface area contributed by atoms with Crippen molar-refractivity contribution in [3.05, 3.63) is 119 Å². The SMILES string of the molecule is C=C(/C=C\C1=C(C)CN(C2=CCCC=C2)CO1)Cc1ccc2c(c1)CN(c1ccccc1)CO2. The first-order chi connectivity index (χ1) is 16.7. The minimum Gasteiger partial charge on any atom is -0.473 e. The highest BCUT2D eigenvalue weighted by Gasteiger charge is 2.19. The molecule has 2 aromatic rings. The van der Waals surface area contributed by atoms with Gasteiger partial charge < -0.3 is 19.3 Å². The molecule has 0 bridgehead atoms. The van der Waals surface area contributed by atoms with Crippen molar-refractivity contribution in [3.63, 3.8) is 0 Å². The Morgan fingerprint density at radius 1 is 1.00 bits per heavy atom. The number of ether oxygens (including phenoxy) is 2. The van der Waals surface area contributed by atoms with Crippen molar-refractivity contribution in [1.29, 1.82) is 0 Å². The zero-order valence-electron chi connectivity index (χ0n) is 19.9. The van der Waals surface area contributed by atoms with Crippen LogP contribution in [0.5, 0.6) is 5.75 Å². The Morgan fingerprint density at radius 3 is 2.65 bits per heavy atom. The zero-order valence-corrected chi connectivity index (χ0v) is 19.9. The topological polar surface area (TPSA) is 24.9 Å². The third kappa shape index (κ3) is 5.12. The van der Waals surface area contributed by atoms with E-state index in [2.05, 4.69) is 96.1 Å². The van der Waals surface area contributed by atoms with Gasteiger partial charge in [0, 0.05) is 30.0 Å². The monoisotopic (exact) mass is 452 g/mol. The minimum atomic E-state index is 0.575. The van der Waals surface area contributed by atoms with Crippen LogP contribution in [-0.2, 0) is 17.7 Å². The van der Waals surface area contributed by atoms with Crippen LogP contribution in [0.15, 0.2) is 108 Å². The van der Waals surface area contributed by atoms with E-state index in [1.54, 1.807) is 0 Å². The molecule has 5 rings (SSSR count). The van der Waals surface area contributed by atoms with Crippen LogP contribution >= 0.6 is 0 Å². The Morgan fingerprint density at radius 2 is 1.85 bits per heavy atom. The largest absolute Gasteiger partial charge is 0.473 e. The third-order valence-corrected chi connectivity index (χ3v) is 6.45. The molecular formula is C30H32N2O2. The molecule has 0 N–H and O–H groups in total. The predicted molar refractivity (Wildman–Crippen MR) is 138 cm³/mol. The number of hydrogen-bond donors (Lipinski definition) is 0. The maximum absolute atomic E-state index is 6.07. The fraction of sp³-hybridized carbons (Fsp3) is 0.267. The molecule has 0 amide bonds. The summed E-state index contributed by atoms with van der Waals surface area (Å²) < 4.78 is 12.1. The van der Waals surface area contributed by atoms with E-state index < -0.39 is 0 Å². The van der Waals surface area contributed by atoms with Crippen molar-refractivity contribution in [1.82, 2.24) is 4.90 Å². The maximum Gasteiger partial charge on any atom is 0.161 e. The molecule has 1 aliphatic carbocycles. The van der Waals surface area contributed by atoms with Gasteiger partial charge in [-0.3, -0.25) is 0 Å². The maximum atomic E-state index is 6.07. The Hall–Kier alpha value is -3.66. The lowest BCUT2D eigenvalue weighted by Gasteiger charge is -2.32. The first kappa shape index (κ1) is 22.1. The van der Waals surface area contributed by atoms with Gasteiger partial charge in [-0.1, -0.05) is 54.6 Å². The first-order valence-electron chi connectivity index (χ1n) is 12.0. The highest BCUT2D eigenvalue weighted by molar-refractivity contribution is 5.50. The second-order valence-corrected chi connectivity index (χ2v) is 9.14. The van der Waals surface area contributed by atoms with Gasteiger partial charge in [-0.05, 0) is 73.7 Å². The zero-order chi connectivity index (χ0) is 23.3. The smallest absolute Gasteiger partial charge is 0.161 e. The van der Waals surface area contributed by atoms with Gasteiger partial charge in [0.2, 0.25) is 0 Å². The van der Waals surface area contributed by atoms with Gasteiger partial charge in [-0.25, -0.2) is 0 Å². The summed E-state index contributed by atoms with van der Waals surface area (Å²) in [5.41, 5.74) is 7.19. The molecule has 0 saturated carbocycles. The van der Waals surface area contributed by atoms with Crippen LogP contribution in [-0.4, -0.2) is 24.9 Å². The van der Waals surface area contributed by atoms with E-state index in [0.29, 0.717) is 13.5 Å². The lowest BCUT2D eigenvalue weighted by molar-refractivity contribution is 0.0899. The van der Waals surface area contributed by atoms with Gasteiger partial charge in [-0.2, -0.15) is 0 Å². The van der Waals surface area contributed by atoms with Crippen LogP contribution < -0.4 is 9.64 Å². The number of anilines is 1. The molecule has 4 nitrogen and oxygen atoms in total. The molecule has 34 heavy (non-hydrogen) atoms. The fourth-order valence-corrected chi connectivity index (χ4v) is 4.60. The highest BCUT2D eigenvalue weighted by atomic mass is 16.5. The van der Waals surface area contributed by atoms with E-state index in [0.717, 1.165) is 49.4 Å². The highest BCUT2D eigenvalue weighted by Crippen LogP contribution is 2.30. The molecular weight excluding hydrogens is 420 g/mol. The number of nitrogens with zero attached hydrogens (tertiary/aromatic N) is 2. The lowest BCUT2D eigenvalue weighted by atomic mass is 10.0. The standard InChI is InChI=1S/C30H32N2O2/c1-23(13-15-29-24(2)19-31(21-33-29)27-9-5-3-6-10-27)17-25-14-16-30-26(18-25)20-32(22-34-30)28-11-7-4-8-12-28/h4-5,7-16,18H,1,3,6,17,19-22H2,2H3/b15-13-. The number of fused-ring (bicyclic) bond motifs is 1. The normalized spacial score (nSPS) is 17.9. The van der Waals surface area contributed by atoms with Crippen LogP contribution in [0.3, 0.4) is 0 Å². The second-order valence-electron chi connectivity index (χ2n) is 9.14. The van der Waals surface area contributed by atoms with Gasteiger partial charge in [0.05, 0.1) is 0 Å². The van der Waals surface area contributed by atoms with E-state index in [1.165, 1.54) is 28.1 Å². The predicted octanol–water partition coefficient (Wildman–Crippen LogP) is 6.50. The summed E-state index contributed by atoms with van der Waals surface area (Å²) >= 11 is 0. The molecule has 0 fully saturated rings. The molecule has 2 heterocycles. The van der Waals surface area contributed by atoms with Crippen molar-refractivity contribution in [2.45, 2.75) is 32.7 Å². The van der Waals surface area contributed by atoms with Gasteiger partial charge in [-0.15, -0.1) is 0 Å². The molecule has 4 heteroatoms. The molecule has 0 unspecified atom stereocenters. The van der Waals surface area contributed by atoms with Crippen molar-refractivity contribution >= 4 is 5.69 Å². The summed E-state index contributed by atoms with van der Waals surface area (Å²) in [4.78, 5) is 4.53. The Bertz CT molecular complexity index is 1170. The summed E-state index contributed by atoms with van der Waals surface area (Å²) in [5.74, 6) is 1.93. The second kappa shape index (κ2) is 10.1. The van der Waals surface area contributed by atoms with Crippen LogP contribution in [0, 0.1) is 0 Å². The summed E-state index contributed by atoms with van der Waals surface area (Å²) in [6.07, 6.45) is 13.9. The average molecular weight is 453 g/mol. The minimum absolute atomic E-state index is 0.575. The van der Waals surface area contributed by atoms with E-state index in [9.17, 15) is 0 Å². The van der Waals surface area contributed by atoms with E-state index in [4.69, 9.17) is 9.47 Å². The van der Waals surface area contributed by atoms with Crippen LogP contribution in [0.1, 0.15) is 30.9 Å². The van der Waals surface area contributed by atoms with Crippen molar-refractivity contribution < 1.29 is 9.47 Å². The average Bonchev–Trinajstić information content (AvgIpc) is 2.88.